The molecule has 7 nitrogen and oxygen atoms in total. The van der Waals surface area contributed by atoms with Crippen molar-refractivity contribution >= 4 is 11.6 Å². The first kappa shape index (κ1) is 18.5. The number of amides is 1. The van der Waals surface area contributed by atoms with Crippen molar-refractivity contribution in [3.8, 4) is 5.95 Å². The molecule has 2 aromatic heterocycles. The van der Waals surface area contributed by atoms with Gasteiger partial charge < -0.3 is 5.32 Å². The summed E-state index contributed by atoms with van der Waals surface area (Å²) < 4.78 is 16.1. The number of anilines is 1. The monoisotopic (exact) mass is 369 g/mol. The van der Waals surface area contributed by atoms with Crippen molar-refractivity contribution in [3.63, 3.8) is 0 Å². The van der Waals surface area contributed by atoms with E-state index < -0.39 is 11.7 Å². The normalized spacial score (nSPS) is 10.8. The molecule has 3 aromatic rings. The Balaban J connectivity index is 1.98. The van der Waals surface area contributed by atoms with Crippen LogP contribution >= 0.6 is 0 Å². The Bertz CT molecular complexity index is 1050. The largest absolute Gasteiger partial charge is 0.324 e. The minimum Gasteiger partial charge on any atom is -0.324 e. The van der Waals surface area contributed by atoms with Gasteiger partial charge in [0.05, 0.1) is 5.69 Å². The molecule has 27 heavy (non-hydrogen) atoms. The van der Waals surface area contributed by atoms with Crippen LogP contribution in [-0.2, 0) is 17.8 Å². The Kier molecular flexibility index (Phi) is 5.16. The molecule has 1 N–H and O–H groups in total. The van der Waals surface area contributed by atoms with E-state index in [0.29, 0.717) is 17.8 Å². The summed E-state index contributed by atoms with van der Waals surface area (Å²) in [6.07, 6.45) is 0.581. The molecule has 0 fully saturated rings. The lowest BCUT2D eigenvalue weighted by Gasteiger charge is -2.14. The first-order valence-corrected chi connectivity index (χ1v) is 8.57. The Labute approximate surface area is 155 Å². The summed E-state index contributed by atoms with van der Waals surface area (Å²) in [6.45, 7) is 5.32. The maximum absolute atomic E-state index is 13.3. The molecule has 0 radical (unpaired) electrons. The van der Waals surface area contributed by atoms with Crippen molar-refractivity contribution < 1.29 is 9.18 Å². The SMILES string of the molecule is CCc1cc(=O)n(CC(=O)Nc2cccc(F)c2)c(-n2nc(C)cc2C)n1. The number of benzene rings is 1. The molecule has 0 aliphatic heterocycles. The van der Waals surface area contributed by atoms with Crippen LogP contribution in [0.1, 0.15) is 24.0 Å². The van der Waals surface area contributed by atoms with Gasteiger partial charge in [0, 0.05) is 23.1 Å². The summed E-state index contributed by atoms with van der Waals surface area (Å²) in [5, 5.41) is 6.96. The van der Waals surface area contributed by atoms with E-state index in [2.05, 4.69) is 15.4 Å². The number of carbonyl (C=O) groups excluding carboxylic acids is 1. The van der Waals surface area contributed by atoms with Crippen LogP contribution in [0.3, 0.4) is 0 Å². The molecule has 0 aliphatic rings. The quantitative estimate of drug-likeness (QED) is 0.749. The molecular formula is C19H20FN5O2. The van der Waals surface area contributed by atoms with E-state index in [4.69, 9.17) is 0 Å². The summed E-state index contributed by atoms with van der Waals surface area (Å²) in [7, 11) is 0. The van der Waals surface area contributed by atoms with Crippen molar-refractivity contribution in [1.29, 1.82) is 0 Å². The van der Waals surface area contributed by atoms with E-state index in [1.54, 1.807) is 10.7 Å². The first-order chi connectivity index (χ1) is 12.9. The highest BCUT2D eigenvalue weighted by Gasteiger charge is 2.16. The van der Waals surface area contributed by atoms with Crippen LogP contribution in [0.2, 0.25) is 0 Å². The highest BCUT2D eigenvalue weighted by molar-refractivity contribution is 5.90. The Morgan fingerprint density at radius 1 is 1.22 bits per heavy atom. The lowest BCUT2D eigenvalue weighted by molar-refractivity contribution is -0.116. The number of nitrogens with one attached hydrogen (secondary N) is 1. The van der Waals surface area contributed by atoms with E-state index in [1.807, 2.05) is 26.8 Å². The fourth-order valence-electron chi connectivity index (χ4n) is 2.77. The lowest BCUT2D eigenvalue weighted by atomic mass is 10.3. The third-order valence-electron chi connectivity index (χ3n) is 4.01. The maximum atomic E-state index is 13.3. The molecule has 1 amide bonds. The Morgan fingerprint density at radius 2 is 2.00 bits per heavy atom. The summed E-state index contributed by atoms with van der Waals surface area (Å²) in [4.78, 5) is 29.5. The minimum atomic E-state index is -0.462. The standard InChI is InChI=1S/C19H20FN5O2/c1-4-15-10-18(27)24(19(22-15)25-13(3)8-12(2)23-25)11-17(26)21-16-7-5-6-14(20)9-16/h5-10H,4,11H2,1-3H3,(H,21,26). The van der Waals surface area contributed by atoms with Crippen LogP contribution < -0.4 is 10.9 Å². The molecule has 2 heterocycles. The molecule has 140 valence electrons. The van der Waals surface area contributed by atoms with Gasteiger partial charge in [-0.3, -0.25) is 14.2 Å². The summed E-state index contributed by atoms with van der Waals surface area (Å²) >= 11 is 0. The van der Waals surface area contributed by atoms with Gasteiger partial charge in [0.1, 0.15) is 12.4 Å². The van der Waals surface area contributed by atoms with Crippen LogP contribution in [-0.4, -0.2) is 25.2 Å². The smallest absolute Gasteiger partial charge is 0.255 e. The predicted octanol–water partition coefficient (Wildman–Crippen LogP) is 2.39. The summed E-state index contributed by atoms with van der Waals surface area (Å²) in [6, 6.07) is 8.84. The van der Waals surface area contributed by atoms with E-state index in [0.717, 1.165) is 11.4 Å². The van der Waals surface area contributed by atoms with E-state index in [1.165, 1.54) is 28.8 Å². The highest BCUT2D eigenvalue weighted by atomic mass is 19.1. The Hall–Kier alpha value is -3.29. The zero-order valence-electron chi connectivity index (χ0n) is 15.4. The second kappa shape index (κ2) is 7.53. The molecule has 0 saturated heterocycles. The first-order valence-electron chi connectivity index (χ1n) is 8.57. The molecule has 0 spiro atoms. The second-order valence-corrected chi connectivity index (χ2v) is 6.22. The maximum Gasteiger partial charge on any atom is 0.255 e. The van der Waals surface area contributed by atoms with Crippen LogP contribution in [0.4, 0.5) is 10.1 Å². The van der Waals surface area contributed by atoms with Gasteiger partial charge in [-0.25, -0.2) is 14.1 Å². The third kappa shape index (κ3) is 4.11. The summed E-state index contributed by atoms with van der Waals surface area (Å²) in [5.74, 6) is -0.641. The molecule has 3 rings (SSSR count). The van der Waals surface area contributed by atoms with Crippen molar-refractivity contribution in [2.75, 3.05) is 5.32 Å². The average molecular weight is 369 g/mol. The molecule has 0 aliphatic carbocycles. The lowest BCUT2D eigenvalue weighted by Crippen LogP contribution is -2.32. The fourth-order valence-corrected chi connectivity index (χ4v) is 2.77. The van der Waals surface area contributed by atoms with Crippen molar-refractivity contribution in [3.05, 3.63) is 69.7 Å². The van der Waals surface area contributed by atoms with Gasteiger partial charge in [-0.15, -0.1) is 0 Å². The topological polar surface area (TPSA) is 81.8 Å². The number of rotatable bonds is 5. The Morgan fingerprint density at radius 3 is 2.63 bits per heavy atom. The van der Waals surface area contributed by atoms with Crippen molar-refractivity contribution in [2.24, 2.45) is 0 Å². The predicted molar refractivity (Wildman–Crippen MR) is 99.5 cm³/mol. The molecule has 1 aromatic carbocycles. The molecular weight excluding hydrogens is 349 g/mol. The van der Waals surface area contributed by atoms with Crippen molar-refractivity contribution in [2.45, 2.75) is 33.7 Å². The zero-order chi connectivity index (χ0) is 19.6. The number of hydrogen-bond acceptors (Lipinski definition) is 4. The van der Waals surface area contributed by atoms with Gasteiger partial charge in [0.2, 0.25) is 11.9 Å². The number of aryl methyl sites for hydroxylation is 3. The number of aromatic nitrogens is 4. The van der Waals surface area contributed by atoms with Gasteiger partial charge in [0.25, 0.3) is 5.56 Å². The van der Waals surface area contributed by atoms with Crippen LogP contribution in [0, 0.1) is 19.7 Å². The molecule has 8 heteroatoms. The number of carbonyl (C=O) groups is 1. The van der Waals surface area contributed by atoms with Crippen LogP contribution in [0.15, 0.2) is 41.2 Å². The fraction of sp³-hybridized carbons (Fsp3) is 0.263. The van der Waals surface area contributed by atoms with Gasteiger partial charge in [-0.05, 0) is 44.5 Å². The third-order valence-corrected chi connectivity index (χ3v) is 4.01. The number of hydrogen-bond donors (Lipinski definition) is 1. The van der Waals surface area contributed by atoms with Crippen LogP contribution in [0.25, 0.3) is 5.95 Å². The van der Waals surface area contributed by atoms with Crippen molar-refractivity contribution in [1.82, 2.24) is 19.3 Å². The number of halogens is 1. The average Bonchev–Trinajstić information content (AvgIpc) is 2.94. The van der Waals surface area contributed by atoms with E-state index >= 15 is 0 Å². The summed E-state index contributed by atoms with van der Waals surface area (Å²) in [5.41, 5.74) is 2.16. The molecule has 0 saturated carbocycles. The van der Waals surface area contributed by atoms with Gasteiger partial charge in [0.15, 0.2) is 0 Å². The van der Waals surface area contributed by atoms with Crippen LogP contribution in [0.5, 0.6) is 0 Å². The van der Waals surface area contributed by atoms with E-state index in [-0.39, 0.29) is 18.1 Å². The zero-order valence-corrected chi connectivity index (χ0v) is 15.4. The van der Waals surface area contributed by atoms with Gasteiger partial charge >= 0.3 is 0 Å². The van der Waals surface area contributed by atoms with E-state index in [9.17, 15) is 14.0 Å². The highest BCUT2D eigenvalue weighted by Crippen LogP contribution is 2.12. The molecule has 0 bridgehead atoms. The molecule has 0 atom stereocenters. The minimum absolute atomic E-state index is 0.264. The van der Waals surface area contributed by atoms with Gasteiger partial charge in [-0.1, -0.05) is 13.0 Å². The number of nitrogens with zero attached hydrogens (tertiary/aromatic N) is 4. The molecule has 0 unspecified atom stereocenters. The second-order valence-electron chi connectivity index (χ2n) is 6.22. The van der Waals surface area contributed by atoms with Gasteiger partial charge in [-0.2, -0.15) is 5.10 Å².